The zero-order valence-corrected chi connectivity index (χ0v) is 10.9. The molecule has 0 saturated heterocycles. The molecule has 17 heavy (non-hydrogen) atoms. The SMILES string of the molecule is COc1ccc(S(C)(=O)=O)cc1C1(N)CCC1. The minimum atomic E-state index is -3.21. The van der Waals surface area contributed by atoms with E-state index >= 15 is 0 Å². The lowest BCUT2D eigenvalue weighted by molar-refractivity contribution is 0.243. The molecule has 0 unspecified atom stereocenters. The van der Waals surface area contributed by atoms with Crippen LogP contribution < -0.4 is 10.5 Å². The molecule has 1 aliphatic carbocycles. The summed E-state index contributed by atoms with van der Waals surface area (Å²) in [5.41, 5.74) is 6.61. The molecule has 4 nitrogen and oxygen atoms in total. The summed E-state index contributed by atoms with van der Waals surface area (Å²) in [4.78, 5) is 0.296. The predicted octanol–water partition coefficient (Wildman–Crippen LogP) is 1.44. The van der Waals surface area contributed by atoms with Crippen molar-refractivity contribution in [2.45, 2.75) is 29.7 Å². The molecule has 1 fully saturated rings. The van der Waals surface area contributed by atoms with Crippen LogP contribution in [0.4, 0.5) is 0 Å². The molecule has 1 aliphatic rings. The van der Waals surface area contributed by atoms with Crippen molar-refractivity contribution in [1.82, 2.24) is 0 Å². The molecule has 1 saturated carbocycles. The Balaban J connectivity index is 2.55. The highest BCUT2D eigenvalue weighted by molar-refractivity contribution is 7.90. The van der Waals surface area contributed by atoms with Gasteiger partial charge in [-0.3, -0.25) is 0 Å². The van der Waals surface area contributed by atoms with Crippen LogP contribution in [0.1, 0.15) is 24.8 Å². The smallest absolute Gasteiger partial charge is 0.175 e. The highest BCUT2D eigenvalue weighted by Gasteiger charge is 2.37. The molecule has 0 bridgehead atoms. The van der Waals surface area contributed by atoms with Crippen molar-refractivity contribution in [1.29, 1.82) is 0 Å². The van der Waals surface area contributed by atoms with Crippen molar-refractivity contribution in [2.24, 2.45) is 5.73 Å². The lowest BCUT2D eigenvalue weighted by Crippen LogP contribution is -2.43. The van der Waals surface area contributed by atoms with Gasteiger partial charge in [-0.05, 0) is 37.5 Å². The van der Waals surface area contributed by atoms with Crippen molar-refractivity contribution in [2.75, 3.05) is 13.4 Å². The normalized spacial score (nSPS) is 18.5. The molecule has 0 radical (unpaired) electrons. The zero-order chi connectivity index (χ0) is 12.7. The first kappa shape index (κ1) is 12.4. The third-order valence-electron chi connectivity index (χ3n) is 3.38. The fourth-order valence-corrected chi connectivity index (χ4v) is 2.78. The molecule has 0 amide bonds. The van der Waals surface area contributed by atoms with Gasteiger partial charge in [-0.25, -0.2) is 8.42 Å². The third kappa shape index (κ3) is 2.17. The van der Waals surface area contributed by atoms with Crippen LogP contribution in [-0.2, 0) is 15.4 Å². The van der Waals surface area contributed by atoms with Crippen LogP contribution in [0.15, 0.2) is 23.1 Å². The van der Waals surface area contributed by atoms with Gasteiger partial charge in [-0.1, -0.05) is 0 Å². The summed E-state index contributed by atoms with van der Waals surface area (Å²) in [6, 6.07) is 4.88. The molecule has 94 valence electrons. The maximum absolute atomic E-state index is 11.5. The second kappa shape index (κ2) is 3.99. The Kier molecular flexibility index (Phi) is 2.91. The Morgan fingerprint density at radius 2 is 2.00 bits per heavy atom. The number of hydrogen-bond acceptors (Lipinski definition) is 4. The number of sulfone groups is 1. The summed E-state index contributed by atoms with van der Waals surface area (Å²) in [5.74, 6) is 0.666. The highest BCUT2D eigenvalue weighted by atomic mass is 32.2. The van der Waals surface area contributed by atoms with Gasteiger partial charge in [0.1, 0.15) is 5.75 Å². The van der Waals surface area contributed by atoms with Crippen molar-refractivity contribution < 1.29 is 13.2 Å². The number of rotatable bonds is 3. The van der Waals surface area contributed by atoms with E-state index in [-0.39, 0.29) is 0 Å². The largest absolute Gasteiger partial charge is 0.496 e. The number of ether oxygens (including phenoxy) is 1. The lowest BCUT2D eigenvalue weighted by Gasteiger charge is -2.39. The predicted molar refractivity (Wildman–Crippen MR) is 65.8 cm³/mol. The molecule has 2 N–H and O–H groups in total. The zero-order valence-electron chi connectivity index (χ0n) is 10.1. The first-order valence-electron chi connectivity index (χ1n) is 5.54. The summed E-state index contributed by atoms with van der Waals surface area (Å²) >= 11 is 0. The maximum Gasteiger partial charge on any atom is 0.175 e. The van der Waals surface area contributed by atoms with E-state index in [1.807, 2.05) is 0 Å². The Bertz CT molecular complexity index is 533. The molecule has 1 aromatic carbocycles. The number of nitrogens with two attached hydrogens (primary N) is 1. The number of hydrogen-bond donors (Lipinski definition) is 1. The molecule has 0 atom stereocenters. The van der Waals surface area contributed by atoms with Gasteiger partial charge < -0.3 is 10.5 Å². The summed E-state index contributed by atoms with van der Waals surface area (Å²) in [6.07, 6.45) is 4.01. The van der Waals surface area contributed by atoms with E-state index in [1.165, 1.54) is 6.26 Å². The summed E-state index contributed by atoms with van der Waals surface area (Å²) in [5, 5.41) is 0. The van der Waals surface area contributed by atoms with E-state index in [4.69, 9.17) is 10.5 Å². The molecular formula is C12H17NO3S. The average molecular weight is 255 g/mol. The molecule has 0 aliphatic heterocycles. The van der Waals surface area contributed by atoms with Crippen LogP contribution >= 0.6 is 0 Å². The molecule has 0 heterocycles. The van der Waals surface area contributed by atoms with E-state index < -0.39 is 15.4 Å². The van der Waals surface area contributed by atoms with E-state index in [1.54, 1.807) is 25.3 Å². The van der Waals surface area contributed by atoms with Gasteiger partial charge >= 0.3 is 0 Å². The Morgan fingerprint density at radius 3 is 2.41 bits per heavy atom. The van der Waals surface area contributed by atoms with Crippen molar-refractivity contribution >= 4 is 9.84 Å². The van der Waals surface area contributed by atoms with Gasteiger partial charge in [0.2, 0.25) is 0 Å². The van der Waals surface area contributed by atoms with Gasteiger partial charge in [0.15, 0.2) is 9.84 Å². The molecule has 5 heteroatoms. The second-order valence-corrected chi connectivity index (χ2v) is 6.66. The van der Waals surface area contributed by atoms with Crippen LogP contribution in [0.2, 0.25) is 0 Å². The van der Waals surface area contributed by atoms with Crippen molar-refractivity contribution in [3.8, 4) is 5.75 Å². The Morgan fingerprint density at radius 1 is 1.35 bits per heavy atom. The van der Waals surface area contributed by atoms with Gasteiger partial charge in [-0.15, -0.1) is 0 Å². The van der Waals surface area contributed by atoms with Gasteiger partial charge in [0.25, 0.3) is 0 Å². The van der Waals surface area contributed by atoms with Gasteiger partial charge in [0.05, 0.1) is 12.0 Å². The third-order valence-corrected chi connectivity index (χ3v) is 4.49. The van der Waals surface area contributed by atoms with Crippen LogP contribution in [0.3, 0.4) is 0 Å². The van der Waals surface area contributed by atoms with Crippen molar-refractivity contribution in [3.63, 3.8) is 0 Å². The first-order valence-corrected chi connectivity index (χ1v) is 7.43. The summed E-state index contributed by atoms with van der Waals surface area (Å²) in [7, 11) is -1.64. The molecule has 1 aromatic rings. The van der Waals surface area contributed by atoms with Crippen molar-refractivity contribution in [3.05, 3.63) is 23.8 Å². The topological polar surface area (TPSA) is 69.4 Å². The maximum atomic E-state index is 11.5. The Labute approximate surface area is 102 Å². The molecular weight excluding hydrogens is 238 g/mol. The molecule has 0 spiro atoms. The van der Waals surface area contributed by atoms with Crippen LogP contribution in [0, 0.1) is 0 Å². The minimum absolute atomic E-state index is 0.296. The monoisotopic (exact) mass is 255 g/mol. The number of benzene rings is 1. The van der Waals surface area contributed by atoms with E-state index in [9.17, 15) is 8.42 Å². The number of methoxy groups -OCH3 is 1. The molecule has 2 rings (SSSR count). The van der Waals surface area contributed by atoms with Crippen LogP contribution in [0.5, 0.6) is 5.75 Å². The van der Waals surface area contributed by atoms with E-state index in [2.05, 4.69) is 0 Å². The lowest BCUT2D eigenvalue weighted by atomic mass is 9.72. The average Bonchev–Trinajstić information content (AvgIpc) is 2.23. The minimum Gasteiger partial charge on any atom is -0.496 e. The summed E-state index contributed by atoms with van der Waals surface area (Å²) in [6.45, 7) is 0. The van der Waals surface area contributed by atoms with Crippen LogP contribution in [-0.4, -0.2) is 21.8 Å². The standard InChI is InChI=1S/C12H17NO3S/c1-16-11-5-4-9(17(2,14)15)8-10(11)12(13)6-3-7-12/h4-5,8H,3,6-7,13H2,1-2H3. The molecule has 0 aromatic heterocycles. The first-order chi connectivity index (χ1) is 7.87. The quantitative estimate of drug-likeness (QED) is 0.887. The van der Waals surface area contributed by atoms with Gasteiger partial charge in [-0.2, -0.15) is 0 Å². The highest BCUT2D eigenvalue weighted by Crippen LogP contribution is 2.43. The van der Waals surface area contributed by atoms with Crippen LogP contribution in [0.25, 0.3) is 0 Å². The van der Waals surface area contributed by atoms with E-state index in [0.717, 1.165) is 24.8 Å². The van der Waals surface area contributed by atoms with Gasteiger partial charge in [0, 0.05) is 17.4 Å². The Hall–Kier alpha value is -1.07. The van der Waals surface area contributed by atoms with E-state index in [0.29, 0.717) is 10.6 Å². The fourth-order valence-electron chi connectivity index (χ4n) is 2.13. The summed E-state index contributed by atoms with van der Waals surface area (Å²) < 4.78 is 28.3. The fraction of sp³-hybridized carbons (Fsp3) is 0.500. The second-order valence-electron chi connectivity index (χ2n) is 4.64.